The van der Waals surface area contributed by atoms with E-state index in [1.807, 2.05) is 38.4 Å². The first-order chi connectivity index (χ1) is 17.9. The predicted molar refractivity (Wildman–Crippen MR) is 149 cm³/mol. The number of benzene rings is 2. The summed E-state index contributed by atoms with van der Waals surface area (Å²) >= 11 is 0. The van der Waals surface area contributed by atoms with Crippen molar-refractivity contribution in [2.24, 2.45) is 11.8 Å². The third kappa shape index (κ3) is 6.60. The van der Waals surface area contributed by atoms with E-state index in [9.17, 15) is 9.59 Å². The maximum Gasteiger partial charge on any atom is 0.251 e. The van der Waals surface area contributed by atoms with E-state index in [1.165, 1.54) is 11.1 Å². The summed E-state index contributed by atoms with van der Waals surface area (Å²) in [5.74, 6) is 0.805. The number of amides is 2. The van der Waals surface area contributed by atoms with E-state index in [-0.39, 0.29) is 29.8 Å². The molecule has 4 rings (SSSR count). The van der Waals surface area contributed by atoms with Crippen LogP contribution in [0.5, 0.6) is 0 Å². The fourth-order valence-electron chi connectivity index (χ4n) is 6.19. The molecule has 1 aliphatic carbocycles. The number of carbonyl (C=O) groups excluding carboxylic acids is 2. The molecule has 6 nitrogen and oxygen atoms in total. The van der Waals surface area contributed by atoms with Gasteiger partial charge >= 0.3 is 0 Å². The fraction of sp³-hybridized carbons (Fsp3) is 0.548. The second-order valence-electron chi connectivity index (χ2n) is 11.1. The Morgan fingerprint density at radius 2 is 1.70 bits per heavy atom. The van der Waals surface area contributed by atoms with Crippen LogP contribution in [0, 0.1) is 11.8 Å². The normalized spacial score (nSPS) is 20.3. The van der Waals surface area contributed by atoms with Gasteiger partial charge in [0.25, 0.3) is 5.91 Å². The number of piperazine rings is 1. The predicted octanol–water partition coefficient (Wildman–Crippen LogP) is 3.89. The van der Waals surface area contributed by atoms with Crippen LogP contribution in [-0.2, 0) is 24.2 Å². The Bertz CT molecular complexity index is 1040. The lowest BCUT2D eigenvalue weighted by Crippen LogP contribution is -2.63. The molecule has 0 saturated carbocycles. The molecule has 200 valence electrons. The highest BCUT2D eigenvalue weighted by molar-refractivity contribution is 5.95. The lowest BCUT2D eigenvalue weighted by molar-refractivity contribution is -0.134. The maximum atomic E-state index is 13.6. The summed E-state index contributed by atoms with van der Waals surface area (Å²) in [4.78, 5) is 31.2. The van der Waals surface area contributed by atoms with Gasteiger partial charge in [-0.1, -0.05) is 69.2 Å². The molecule has 37 heavy (non-hydrogen) atoms. The monoisotopic (exact) mass is 504 g/mol. The molecule has 0 radical (unpaired) electrons. The topological polar surface area (TPSA) is 64.7 Å². The number of rotatable bonds is 11. The van der Waals surface area contributed by atoms with Crippen LogP contribution >= 0.6 is 0 Å². The van der Waals surface area contributed by atoms with Crippen LogP contribution in [0.3, 0.4) is 0 Å². The molecular weight excluding hydrogens is 460 g/mol. The molecular formula is C31H44N4O2. The first kappa shape index (κ1) is 27.3. The molecule has 1 aliphatic heterocycles. The highest BCUT2D eigenvalue weighted by Gasteiger charge is 2.42. The van der Waals surface area contributed by atoms with Crippen molar-refractivity contribution in [2.45, 2.75) is 64.6 Å². The van der Waals surface area contributed by atoms with Gasteiger partial charge in [-0.3, -0.25) is 14.5 Å². The van der Waals surface area contributed by atoms with E-state index in [0.29, 0.717) is 24.6 Å². The summed E-state index contributed by atoms with van der Waals surface area (Å²) in [7, 11) is 4.08. The Labute approximate surface area is 222 Å². The van der Waals surface area contributed by atoms with Crippen LogP contribution in [0.15, 0.2) is 48.5 Å². The van der Waals surface area contributed by atoms with Crippen molar-refractivity contribution in [3.63, 3.8) is 0 Å². The van der Waals surface area contributed by atoms with Crippen molar-refractivity contribution in [3.05, 3.63) is 70.8 Å². The molecule has 1 saturated heterocycles. The molecule has 1 unspecified atom stereocenters. The highest BCUT2D eigenvalue weighted by atomic mass is 16.2. The molecule has 2 aromatic carbocycles. The minimum absolute atomic E-state index is 0.0299. The number of nitrogens with zero attached hydrogens (tertiary/aromatic N) is 2. The SMILES string of the molecule is CCC(CC)[C@@H]1C(=O)NC(C2Cc3ccccc3C2)CN1Cc1ccccc1C(=O)NCCCN(C)C. The van der Waals surface area contributed by atoms with Gasteiger partial charge in [0.15, 0.2) is 0 Å². The van der Waals surface area contributed by atoms with Crippen molar-refractivity contribution < 1.29 is 9.59 Å². The van der Waals surface area contributed by atoms with Gasteiger partial charge in [-0.15, -0.1) is 0 Å². The summed E-state index contributed by atoms with van der Waals surface area (Å²) in [5.41, 5.74) is 4.52. The summed E-state index contributed by atoms with van der Waals surface area (Å²) < 4.78 is 0. The van der Waals surface area contributed by atoms with Crippen LogP contribution in [0.1, 0.15) is 60.2 Å². The van der Waals surface area contributed by atoms with Gasteiger partial charge in [0.2, 0.25) is 5.91 Å². The molecule has 0 aromatic heterocycles. The highest BCUT2D eigenvalue weighted by Crippen LogP contribution is 2.33. The zero-order valence-electron chi connectivity index (χ0n) is 23.0. The minimum Gasteiger partial charge on any atom is -0.352 e. The van der Waals surface area contributed by atoms with Gasteiger partial charge < -0.3 is 15.5 Å². The van der Waals surface area contributed by atoms with E-state index in [4.69, 9.17) is 0 Å². The van der Waals surface area contributed by atoms with Gasteiger partial charge in [0.1, 0.15) is 0 Å². The zero-order chi connectivity index (χ0) is 26.4. The van der Waals surface area contributed by atoms with Crippen LogP contribution in [-0.4, -0.2) is 67.4 Å². The smallest absolute Gasteiger partial charge is 0.251 e. The summed E-state index contributed by atoms with van der Waals surface area (Å²) in [6, 6.07) is 16.5. The molecule has 2 aliphatic rings. The van der Waals surface area contributed by atoms with Gasteiger partial charge in [-0.2, -0.15) is 0 Å². The Balaban J connectivity index is 1.52. The average molecular weight is 505 g/mol. The lowest BCUT2D eigenvalue weighted by atomic mass is 9.86. The van der Waals surface area contributed by atoms with E-state index in [1.54, 1.807) is 0 Å². The molecule has 0 bridgehead atoms. The molecule has 2 atom stereocenters. The van der Waals surface area contributed by atoms with Crippen LogP contribution in [0.2, 0.25) is 0 Å². The van der Waals surface area contributed by atoms with E-state index in [0.717, 1.165) is 50.8 Å². The molecule has 2 aromatic rings. The van der Waals surface area contributed by atoms with Gasteiger partial charge in [-0.25, -0.2) is 0 Å². The second-order valence-corrected chi connectivity index (χ2v) is 11.1. The molecule has 2 N–H and O–H groups in total. The Morgan fingerprint density at radius 3 is 2.35 bits per heavy atom. The number of hydrogen-bond acceptors (Lipinski definition) is 4. The van der Waals surface area contributed by atoms with Crippen molar-refractivity contribution in [1.82, 2.24) is 20.4 Å². The summed E-state index contributed by atoms with van der Waals surface area (Å²) in [6.45, 7) is 7.35. The number of nitrogens with one attached hydrogen (secondary N) is 2. The summed E-state index contributed by atoms with van der Waals surface area (Å²) in [5, 5.41) is 6.52. The molecule has 6 heteroatoms. The molecule has 1 heterocycles. The molecule has 0 spiro atoms. The third-order valence-electron chi connectivity index (χ3n) is 8.27. The molecule has 1 fully saturated rings. The van der Waals surface area contributed by atoms with Gasteiger partial charge in [0, 0.05) is 31.2 Å². The first-order valence-electron chi connectivity index (χ1n) is 14.0. The van der Waals surface area contributed by atoms with E-state index < -0.39 is 0 Å². The van der Waals surface area contributed by atoms with Crippen molar-refractivity contribution >= 4 is 11.8 Å². The van der Waals surface area contributed by atoms with Crippen LogP contribution in [0.4, 0.5) is 0 Å². The quantitative estimate of drug-likeness (QED) is 0.456. The minimum atomic E-state index is -0.175. The van der Waals surface area contributed by atoms with Crippen LogP contribution in [0.25, 0.3) is 0 Å². The van der Waals surface area contributed by atoms with Crippen molar-refractivity contribution in [2.75, 3.05) is 33.7 Å². The van der Waals surface area contributed by atoms with E-state index >= 15 is 0 Å². The van der Waals surface area contributed by atoms with Gasteiger partial charge in [-0.05, 0) is 74.5 Å². The standard InChI is InChI=1S/C31H44N4O2/c1-5-22(6-2)29-31(37)33-28(26-18-23-12-7-8-13-24(23)19-26)21-35(29)20-25-14-9-10-15-27(25)30(36)32-16-11-17-34(3)4/h7-10,12-15,22,26,28-29H,5-6,11,16-21H2,1-4H3,(H,32,36)(H,33,37)/t28?,29-/m1/s1. The third-order valence-corrected chi connectivity index (χ3v) is 8.27. The largest absolute Gasteiger partial charge is 0.352 e. The first-order valence-corrected chi connectivity index (χ1v) is 14.0. The Kier molecular flexibility index (Phi) is 9.38. The number of carbonyl (C=O) groups is 2. The average Bonchev–Trinajstić information content (AvgIpc) is 3.33. The van der Waals surface area contributed by atoms with Crippen molar-refractivity contribution in [3.8, 4) is 0 Å². The maximum absolute atomic E-state index is 13.6. The fourth-order valence-corrected chi connectivity index (χ4v) is 6.19. The summed E-state index contributed by atoms with van der Waals surface area (Å²) in [6.07, 6.45) is 4.85. The lowest BCUT2D eigenvalue weighted by Gasteiger charge is -2.44. The van der Waals surface area contributed by atoms with E-state index in [2.05, 4.69) is 58.5 Å². The zero-order valence-corrected chi connectivity index (χ0v) is 23.0. The van der Waals surface area contributed by atoms with Gasteiger partial charge in [0.05, 0.1) is 6.04 Å². The Morgan fingerprint density at radius 1 is 1.05 bits per heavy atom. The Hall–Kier alpha value is -2.70. The molecule has 2 amide bonds. The number of hydrogen-bond donors (Lipinski definition) is 2. The van der Waals surface area contributed by atoms with Crippen molar-refractivity contribution in [1.29, 1.82) is 0 Å². The second kappa shape index (κ2) is 12.7. The van der Waals surface area contributed by atoms with Crippen LogP contribution < -0.4 is 10.6 Å². The number of fused-ring (bicyclic) bond motifs is 1.